The molecule has 2 unspecified atom stereocenters. The minimum atomic E-state index is -2.19. The Bertz CT molecular complexity index is 2950. The molecule has 21 aliphatic heterocycles. The van der Waals surface area contributed by atoms with Gasteiger partial charge in [-0.3, -0.25) is 137 Å². The molecule has 49 heteroatoms. The first-order chi connectivity index (χ1) is 47.0. The second-order valence-electron chi connectivity index (χ2n) is 28.1. The summed E-state index contributed by atoms with van der Waals surface area (Å²) in [5, 5.41) is 17.9. The van der Waals surface area contributed by atoms with Crippen molar-refractivity contribution in [2.45, 2.75) is 124 Å². The Morgan fingerprint density at radius 2 is 0.293 bits per heavy atom. The van der Waals surface area contributed by atoms with Gasteiger partial charge >= 0.3 is 106 Å². The van der Waals surface area contributed by atoms with Crippen LogP contribution in [0.1, 0.15) is 25.7 Å². The van der Waals surface area contributed by atoms with Gasteiger partial charge in [-0.15, -0.1) is 0 Å². The number of urea groups is 14. The topological polar surface area (TPSA) is 462 Å². The van der Waals surface area contributed by atoms with E-state index in [0.717, 1.165) is 12.8 Å². The summed E-state index contributed by atoms with van der Waals surface area (Å²) in [5.74, 6) is -4.37. The van der Waals surface area contributed by atoms with Crippen LogP contribution in [0.2, 0.25) is 0 Å². The third-order valence-electron chi connectivity index (χ3n) is 24.0. The number of amides is 28. The van der Waals surface area contributed by atoms with Gasteiger partial charge in [-0.05, 0) is 12.8 Å². The van der Waals surface area contributed by atoms with Crippen LogP contribution in [0.25, 0.3) is 0 Å². The van der Waals surface area contributed by atoms with Gasteiger partial charge in [0.05, 0.1) is 11.9 Å². The number of carboxylic acids is 2. The molecule has 21 heterocycles. The molecule has 28 amide bonds. The molecule has 524 valence electrons. The number of nitrogens with zero attached hydrogens (tertiary/aromatic N) is 28. The normalized spacial score (nSPS) is 37.9. The summed E-state index contributed by atoms with van der Waals surface area (Å²) in [6.07, 6.45) is -12.4. The van der Waals surface area contributed by atoms with Crippen molar-refractivity contribution in [2.75, 3.05) is 93.4 Å². The van der Waals surface area contributed by atoms with Crippen molar-refractivity contribution in [1.29, 1.82) is 0 Å². The zero-order chi connectivity index (χ0) is 67.4. The molecule has 48 nitrogen and oxygen atoms in total. The van der Waals surface area contributed by atoms with E-state index in [2.05, 4.69) is 0 Å². The van der Waals surface area contributed by atoms with E-state index in [4.69, 9.17) is 31.3 Å². The summed E-state index contributed by atoms with van der Waals surface area (Å²) in [7, 11) is 0. The zero-order valence-electron chi connectivity index (χ0n) is 51.3. The Morgan fingerprint density at radius 1 is 0.212 bits per heavy atom. The zero-order valence-corrected chi connectivity index (χ0v) is 53.6. The summed E-state index contributed by atoms with van der Waals surface area (Å²) in [4.78, 5) is 269. The van der Waals surface area contributed by atoms with E-state index in [9.17, 15) is 0 Å². The van der Waals surface area contributed by atoms with Gasteiger partial charge in [-0.1, -0.05) is 12.8 Å². The maximum Gasteiger partial charge on any atom is 2.00 e. The van der Waals surface area contributed by atoms with Gasteiger partial charge in [0.25, 0.3) is 0 Å². The van der Waals surface area contributed by atoms with Crippen molar-refractivity contribution < 1.29 is 108 Å². The van der Waals surface area contributed by atoms with Gasteiger partial charge in [0.2, 0.25) is 0 Å². The summed E-state index contributed by atoms with van der Waals surface area (Å²) >= 11 is 0. The standard InChI is InChI=1S/C42H42N28O14.C6H14N2.C2H2O4.Pt/c71-29-43-1-44-16-18-48(30(44)72)4-52-20-22-56(34(52)76)8-60-24-26-64(38(60)80)12-68-28-27-67(41(68)83)11-63-25-23-59(37(63)79)7-55-21-19-51(33(55)75)3-47(29)17-15(43)45-2-46(16)32(74)50(18)6-54(20)36(78)58(22)10-62(24)40(82)66(26)14-70(28)42(84)69(27)13-65(25)39(81)61(23)9-57(21)35(77)53(19)5-49(17)31(45)73;7-5-3-1-2-4-6(5)8;3-1(4)2(5)6;/h15-28H,1-14H2;5-6H,1-4,7-8H2;(H,3,4)(H,5,6);/q;;;+2/p-2. The predicted molar refractivity (Wildman–Crippen MR) is 293 cm³/mol. The third kappa shape index (κ3) is 6.52. The number of carbonyl (C=O) groups is 16. The second kappa shape index (κ2) is 18.5. The average molecular weight is 1560 g/mol. The summed E-state index contributed by atoms with van der Waals surface area (Å²) in [6.45, 7) is -7.10. The first kappa shape index (κ1) is 58.5. The number of carboxylic acid groups (broad SMARTS) is 2. The van der Waals surface area contributed by atoms with Gasteiger partial charge in [-0.2, -0.15) is 0 Å². The molecule has 22 fully saturated rings. The number of aliphatic carboxylic acids is 2. The summed E-state index contributed by atoms with van der Waals surface area (Å²) < 4.78 is 0. The molecule has 1 saturated carbocycles. The van der Waals surface area contributed by atoms with Crippen LogP contribution in [-0.4, -0.2) is 425 Å². The molecular formula is C50H56N30O18Pt. The average Bonchev–Trinajstić information content (AvgIpc) is 1.52. The van der Waals surface area contributed by atoms with Crippen LogP contribution in [0, 0.1) is 0 Å². The van der Waals surface area contributed by atoms with E-state index in [0.29, 0.717) is 0 Å². The maximum atomic E-state index is 15.3. The molecule has 0 spiro atoms. The second-order valence-corrected chi connectivity index (χ2v) is 28.1. The summed E-state index contributed by atoms with van der Waals surface area (Å²) in [5.41, 5.74) is 11.3. The number of nitrogens with two attached hydrogens (primary N) is 2. The molecule has 21 saturated heterocycles. The number of hydrogen-bond acceptors (Lipinski definition) is 20. The molecule has 0 aromatic heterocycles. The van der Waals surface area contributed by atoms with Crippen molar-refractivity contribution in [1.82, 2.24) is 137 Å². The van der Waals surface area contributed by atoms with Crippen molar-refractivity contribution in [3.05, 3.63) is 0 Å². The van der Waals surface area contributed by atoms with Crippen LogP contribution in [0.3, 0.4) is 0 Å². The van der Waals surface area contributed by atoms with Crippen LogP contribution in [0.15, 0.2) is 0 Å². The molecule has 0 bridgehead atoms. The minimum Gasteiger partial charge on any atom is -0.543 e. The van der Waals surface area contributed by atoms with E-state index < -0.39 is 276 Å². The fourth-order valence-electron chi connectivity index (χ4n) is 19.9. The quantitative estimate of drug-likeness (QED) is 0.213. The fourth-order valence-corrected chi connectivity index (χ4v) is 19.9. The van der Waals surface area contributed by atoms with E-state index in [1.807, 2.05) is 0 Å². The minimum absolute atomic E-state index is 0. The summed E-state index contributed by atoms with van der Waals surface area (Å²) in [6, 6.07) is -9.38. The predicted octanol–water partition coefficient (Wildman–Crippen LogP) is -9.91. The van der Waals surface area contributed by atoms with Gasteiger partial charge in [-0.25, -0.2) is 67.1 Å². The number of carbonyl (C=O) groups excluding carboxylic acids is 16. The van der Waals surface area contributed by atoms with E-state index >= 15 is 67.1 Å². The molecule has 99 heavy (non-hydrogen) atoms. The van der Waals surface area contributed by atoms with E-state index in [-0.39, 0.29) is 33.1 Å². The van der Waals surface area contributed by atoms with Crippen molar-refractivity contribution in [3.8, 4) is 0 Å². The third-order valence-corrected chi connectivity index (χ3v) is 24.0. The van der Waals surface area contributed by atoms with Gasteiger partial charge in [0.15, 0.2) is 86.3 Å². The van der Waals surface area contributed by atoms with Crippen LogP contribution < -0.4 is 21.7 Å². The monoisotopic (exact) mass is 1560 g/mol. The molecular weight excluding hydrogens is 1500 g/mol. The van der Waals surface area contributed by atoms with Crippen LogP contribution >= 0.6 is 0 Å². The maximum absolute atomic E-state index is 15.3. The Balaban J connectivity index is 0.000000401. The van der Waals surface area contributed by atoms with Gasteiger partial charge in [0.1, 0.15) is 93.4 Å². The molecule has 22 aliphatic rings. The molecule has 2 atom stereocenters. The first-order valence-corrected chi connectivity index (χ1v) is 31.9. The first-order valence-electron chi connectivity index (χ1n) is 31.9. The van der Waals surface area contributed by atoms with Crippen LogP contribution in [-0.2, 0) is 30.7 Å². The van der Waals surface area contributed by atoms with E-state index in [1.54, 1.807) is 0 Å². The number of rotatable bonds is 0. The molecule has 0 aromatic carbocycles. The molecule has 1 aliphatic carbocycles. The van der Waals surface area contributed by atoms with Crippen molar-refractivity contribution >= 4 is 96.4 Å². The smallest absolute Gasteiger partial charge is 0.543 e. The van der Waals surface area contributed by atoms with Gasteiger partial charge < -0.3 is 31.3 Å². The Kier molecular flexibility index (Phi) is 11.0. The molecule has 0 radical (unpaired) electrons. The Labute approximate surface area is 568 Å². The van der Waals surface area contributed by atoms with Gasteiger partial charge in [0, 0.05) is 12.1 Å². The van der Waals surface area contributed by atoms with Crippen LogP contribution in [0.4, 0.5) is 67.1 Å². The molecule has 4 N–H and O–H groups in total. The van der Waals surface area contributed by atoms with Crippen molar-refractivity contribution in [2.24, 2.45) is 11.5 Å². The van der Waals surface area contributed by atoms with Crippen LogP contribution in [0.5, 0.6) is 0 Å². The van der Waals surface area contributed by atoms with Crippen molar-refractivity contribution in [3.63, 3.8) is 0 Å². The SMILES string of the molecule is NC1CCCCC1N.O=C([O-])C(=O)[O-].O=C1N2CN3C(=O)N4CN5C(=O)N6CN7C(=O)N8CN9C(=O)N%10CN%11C(=O)N%12CN%13C(=O)N%14CN1C1C2N2CN%15C(=O)N(CN%16C(=O)N(CN%17C(=O)N(CN%18C(=O)N(CN%19C(=O)N(CN%20C(=O)N(CN1C2=O)C%14C%13%20)C%12C%11%19)C%10C9%18)C8C7%17)C6C5%16)C4C3%15.[Pt+2]. The fraction of sp³-hybridized carbons (Fsp3) is 0.680. The molecule has 0 aromatic rings. The Morgan fingerprint density at radius 3 is 0.354 bits per heavy atom. The molecule has 22 rings (SSSR count). The number of hydrogen-bond donors (Lipinski definition) is 2. The Hall–Kier alpha value is -10.7. The van der Waals surface area contributed by atoms with E-state index in [1.165, 1.54) is 150 Å². The largest absolute Gasteiger partial charge is 2.00 e.